The summed E-state index contributed by atoms with van der Waals surface area (Å²) in [5.74, 6) is -0.926. The van der Waals surface area contributed by atoms with Crippen LogP contribution in [0.4, 0.5) is 5.69 Å². The molecular weight excluding hydrogens is 374 g/mol. The maximum atomic E-state index is 11.9. The number of nitrogens with one attached hydrogen (secondary N) is 3. The van der Waals surface area contributed by atoms with E-state index in [1.807, 2.05) is 12.1 Å². The van der Waals surface area contributed by atoms with E-state index in [0.717, 1.165) is 4.47 Å². The number of aromatic hydroxyl groups is 1. The summed E-state index contributed by atoms with van der Waals surface area (Å²) >= 11 is 3.32. The summed E-state index contributed by atoms with van der Waals surface area (Å²) in [4.78, 5) is 23.8. The van der Waals surface area contributed by atoms with Gasteiger partial charge in [0.15, 0.2) is 0 Å². The zero-order chi connectivity index (χ0) is 17.5. The molecule has 24 heavy (non-hydrogen) atoms. The lowest BCUT2D eigenvalue weighted by Gasteiger charge is -2.12. The molecule has 0 aliphatic heterocycles. The molecule has 0 fully saturated rings. The van der Waals surface area contributed by atoms with Gasteiger partial charge in [0.2, 0.25) is 5.91 Å². The fourth-order valence-electron chi connectivity index (χ4n) is 1.85. The molecule has 7 heteroatoms. The van der Waals surface area contributed by atoms with Gasteiger partial charge in [-0.15, -0.1) is 0 Å². The summed E-state index contributed by atoms with van der Waals surface area (Å²) in [6.07, 6.45) is -0.0168. The Labute approximate surface area is 147 Å². The van der Waals surface area contributed by atoms with Crippen molar-refractivity contribution in [1.29, 1.82) is 0 Å². The smallest absolute Gasteiger partial charge is 0.273 e. The highest BCUT2D eigenvalue weighted by Gasteiger charge is 2.11. The number of phenolic OH excluding ortho intramolecular Hbond substituents is 1. The van der Waals surface area contributed by atoms with Gasteiger partial charge in [0, 0.05) is 15.9 Å². The lowest BCUT2D eigenvalue weighted by molar-refractivity contribution is -0.115. The first-order chi connectivity index (χ1) is 11.5. The molecule has 0 saturated heterocycles. The van der Waals surface area contributed by atoms with Crippen LogP contribution in [-0.4, -0.2) is 16.9 Å². The van der Waals surface area contributed by atoms with Gasteiger partial charge in [0.25, 0.3) is 5.91 Å². The lowest BCUT2D eigenvalue weighted by atomic mass is 10.2. The molecule has 6 nitrogen and oxygen atoms in total. The average Bonchev–Trinajstić information content (AvgIpc) is 2.55. The van der Waals surface area contributed by atoms with Crippen molar-refractivity contribution < 1.29 is 14.7 Å². The summed E-state index contributed by atoms with van der Waals surface area (Å²) in [5, 5.41) is 12.3. The second kappa shape index (κ2) is 8.16. The van der Waals surface area contributed by atoms with Gasteiger partial charge in [-0.3, -0.25) is 15.0 Å². The third-order valence-electron chi connectivity index (χ3n) is 3.00. The van der Waals surface area contributed by atoms with Crippen LogP contribution in [0.2, 0.25) is 0 Å². The minimum absolute atomic E-state index is 0.0168. The van der Waals surface area contributed by atoms with Gasteiger partial charge in [0.05, 0.1) is 12.0 Å². The standard InChI is InChI=1S/C17H16BrN3O3/c1-11(10-16(23)19-13-8-6-12(18)7-9-13)20-21-17(24)14-4-2-3-5-15(14)22/h2-9,20,22H,1,10H2,(H,19,23)(H,21,24). The predicted molar refractivity (Wildman–Crippen MR) is 95.2 cm³/mol. The largest absolute Gasteiger partial charge is 0.507 e. The summed E-state index contributed by atoms with van der Waals surface area (Å²) in [6.45, 7) is 3.68. The number of carbonyl (C=O) groups excluding carboxylic acids is 2. The molecule has 0 aliphatic carbocycles. The second-order valence-corrected chi connectivity index (χ2v) is 5.85. The summed E-state index contributed by atoms with van der Waals surface area (Å²) in [6, 6.07) is 13.3. The Morgan fingerprint density at radius 2 is 1.71 bits per heavy atom. The average molecular weight is 390 g/mol. The molecule has 0 saturated carbocycles. The summed E-state index contributed by atoms with van der Waals surface area (Å²) in [7, 11) is 0. The van der Waals surface area contributed by atoms with Crippen molar-refractivity contribution in [3.05, 3.63) is 70.8 Å². The highest BCUT2D eigenvalue weighted by Crippen LogP contribution is 2.15. The van der Waals surface area contributed by atoms with E-state index in [1.54, 1.807) is 24.3 Å². The molecule has 0 aliphatic rings. The number of phenols is 1. The number of hydrogen-bond donors (Lipinski definition) is 4. The van der Waals surface area contributed by atoms with E-state index in [4.69, 9.17) is 0 Å². The zero-order valence-electron chi connectivity index (χ0n) is 12.7. The molecule has 124 valence electrons. The van der Waals surface area contributed by atoms with Crippen LogP contribution in [0.15, 0.2) is 65.3 Å². The molecule has 4 N–H and O–H groups in total. The Hall–Kier alpha value is -2.80. The van der Waals surface area contributed by atoms with Crippen LogP contribution in [0.5, 0.6) is 5.75 Å². The topological polar surface area (TPSA) is 90.5 Å². The van der Waals surface area contributed by atoms with Crippen LogP contribution in [0, 0.1) is 0 Å². The molecule has 2 aromatic rings. The lowest BCUT2D eigenvalue weighted by Crippen LogP contribution is -2.37. The zero-order valence-corrected chi connectivity index (χ0v) is 14.3. The van der Waals surface area contributed by atoms with Crippen LogP contribution in [-0.2, 0) is 4.79 Å². The predicted octanol–water partition coefficient (Wildman–Crippen LogP) is 2.93. The van der Waals surface area contributed by atoms with Crippen LogP contribution in [0.3, 0.4) is 0 Å². The summed E-state index contributed by atoms with van der Waals surface area (Å²) in [5.41, 5.74) is 6.04. The van der Waals surface area contributed by atoms with E-state index in [-0.39, 0.29) is 23.6 Å². The monoisotopic (exact) mass is 389 g/mol. The van der Waals surface area contributed by atoms with Gasteiger partial charge in [-0.2, -0.15) is 0 Å². The second-order valence-electron chi connectivity index (χ2n) is 4.93. The van der Waals surface area contributed by atoms with Gasteiger partial charge < -0.3 is 15.8 Å². The van der Waals surface area contributed by atoms with E-state index in [1.165, 1.54) is 12.1 Å². The number of hydrogen-bond acceptors (Lipinski definition) is 4. The Kier molecular flexibility index (Phi) is 5.97. The highest BCUT2D eigenvalue weighted by molar-refractivity contribution is 9.10. The van der Waals surface area contributed by atoms with Crippen molar-refractivity contribution in [2.75, 3.05) is 5.32 Å². The molecule has 0 unspecified atom stereocenters. The molecule has 0 aromatic heterocycles. The third kappa shape index (κ3) is 5.13. The van der Waals surface area contributed by atoms with E-state index in [9.17, 15) is 14.7 Å². The maximum absolute atomic E-state index is 11.9. The van der Waals surface area contributed by atoms with Crippen molar-refractivity contribution in [3.63, 3.8) is 0 Å². The van der Waals surface area contributed by atoms with E-state index >= 15 is 0 Å². The van der Waals surface area contributed by atoms with Gasteiger partial charge in [0.1, 0.15) is 5.75 Å². The quantitative estimate of drug-likeness (QED) is 0.571. The van der Waals surface area contributed by atoms with Crippen molar-refractivity contribution in [3.8, 4) is 5.75 Å². The molecule has 2 amide bonds. The number of halogens is 1. The highest BCUT2D eigenvalue weighted by atomic mass is 79.9. The van der Waals surface area contributed by atoms with E-state index in [0.29, 0.717) is 11.4 Å². The van der Waals surface area contributed by atoms with Gasteiger partial charge in [-0.25, -0.2) is 0 Å². The summed E-state index contributed by atoms with van der Waals surface area (Å²) < 4.78 is 0.915. The first-order valence-corrected chi connectivity index (χ1v) is 7.82. The van der Waals surface area contributed by atoms with Gasteiger partial charge >= 0.3 is 0 Å². The number of rotatable bonds is 6. The van der Waals surface area contributed by atoms with E-state index in [2.05, 4.69) is 38.7 Å². The minimum atomic E-state index is -0.525. The van der Waals surface area contributed by atoms with Crippen LogP contribution < -0.4 is 16.2 Å². The van der Waals surface area contributed by atoms with Gasteiger partial charge in [-0.05, 0) is 36.4 Å². The molecule has 0 radical (unpaired) electrons. The number of benzene rings is 2. The van der Waals surface area contributed by atoms with Gasteiger partial charge in [-0.1, -0.05) is 34.6 Å². The van der Waals surface area contributed by atoms with E-state index < -0.39 is 5.91 Å². The molecule has 0 atom stereocenters. The van der Waals surface area contributed by atoms with Crippen LogP contribution in [0.1, 0.15) is 16.8 Å². The minimum Gasteiger partial charge on any atom is -0.507 e. The van der Waals surface area contributed by atoms with Crippen molar-refractivity contribution in [2.45, 2.75) is 6.42 Å². The molecule has 2 rings (SSSR count). The van der Waals surface area contributed by atoms with Crippen LogP contribution in [0.25, 0.3) is 0 Å². The van der Waals surface area contributed by atoms with Crippen molar-refractivity contribution in [2.24, 2.45) is 0 Å². The van der Waals surface area contributed by atoms with Crippen molar-refractivity contribution in [1.82, 2.24) is 10.9 Å². The van der Waals surface area contributed by atoms with Crippen molar-refractivity contribution >= 4 is 33.4 Å². The number of hydrazine groups is 1. The SMILES string of the molecule is C=C(CC(=O)Nc1ccc(Br)cc1)NNC(=O)c1ccccc1O. The number of anilines is 1. The third-order valence-corrected chi connectivity index (χ3v) is 3.53. The first kappa shape index (κ1) is 17.6. The maximum Gasteiger partial charge on any atom is 0.273 e. The molecule has 2 aromatic carbocycles. The number of para-hydroxylation sites is 1. The van der Waals surface area contributed by atoms with Crippen LogP contribution >= 0.6 is 15.9 Å². The Morgan fingerprint density at radius 3 is 2.38 bits per heavy atom. The molecule has 0 heterocycles. The Bertz CT molecular complexity index is 760. The Morgan fingerprint density at radius 1 is 1.04 bits per heavy atom. The Balaban J connectivity index is 1.80. The molecular formula is C17H16BrN3O3. The normalized spacial score (nSPS) is 9.88. The fraction of sp³-hybridized carbons (Fsp3) is 0.0588. The number of amides is 2. The first-order valence-electron chi connectivity index (χ1n) is 7.03. The molecule has 0 bridgehead atoms. The molecule has 0 spiro atoms. The fourth-order valence-corrected chi connectivity index (χ4v) is 2.12. The number of carbonyl (C=O) groups is 2.